The van der Waals surface area contributed by atoms with Crippen LogP contribution in [0.3, 0.4) is 0 Å². The van der Waals surface area contributed by atoms with Gasteiger partial charge in [0, 0.05) is 17.2 Å². The Kier molecular flexibility index (Phi) is 7.48. The van der Waals surface area contributed by atoms with Crippen molar-refractivity contribution in [3.05, 3.63) is 35.4 Å². The summed E-state index contributed by atoms with van der Waals surface area (Å²) in [6.07, 6.45) is 0. The molecule has 1 aromatic rings. The number of nitrogens with one attached hydrogen (secondary N) is 2. The lowest BCUT2D eigenvalue weighted by atomic mass is 10.1. The number of amides is 2. The molecule has 0 radical (unpaired) electrons. The third-order valence-electron chi connectivity index (χ3n) is 3.50. The first-order valence-corrected chi connectivity index (χ1v) is 8.29. The largest absolute Gasteiger partial charge is 0.350 e. The number of rotatable bonds is 7. The van der Waals surface area contributed by atoms with Crippen molar-refractivity contribution in [3.8, 4) is 0 Å². The Balaban J connectivity index is 2.59. The summed E-state index contributed by atoms with van der Waals surface area (Å²) in [6.45, 7) is 9.75. The molecule has 5 nitrogen and oxygen atoms in total. The summed E-state index contributed by atoms with van der Waals surface area (Å²) in [7, 11) is 0. The monoisotopic (exact) mass is 355 g/mol. The van der Waals surface area contributed by atoms with Crippen LogP contribution in [-0.2, 0) is 9.59 Å². The van der Waals surface area contributed by atoms with Crippen molar-refractivity contribution in [1.29, 1.82) is 0 Å². The van der Waals surface area contributed by atoms with Crippen LogP contribution in [0.4, 0.5) is 8.78 Å². The summed E-state index contributed by atoms with van der Waals surface area (Å²) >= 11 is 0. The van der Waals surface area contributed by atoms with Gasteiger partial charge in [0.1, 0.15) is 11.6 Å². The standard InChI is InChI=1S/C18H27F2N3O2/c1-6-23(11-17(25)22-18(3,4)5)10-16(24)21-12(2)14-8-7-13(19)9-15(14)20/h7-9,12H,6,10-11H2,1-5H3,(H,21,24)(H,22,25)/t12-/m0/s1. The number of halogens is 2. The molecule has 0 aliphatic heterocycles. The molecule has 0 aliphatic carbocycles. The molecule has 1 rings (SSSR count). The Labute approximate surface area is 147 Å². The Morgan fingerprint density at radius 3 is 2.28 bits per heavy atom. The second-order valence-electron chi connectivity index (χ2n) is 7.06. The van der Waals surface area contributed by atoms with E-state index in [1.54, 1.807) is 11.8 Å². The van der Waals surface area contributed by atoms with Crippen LogP contribution >= 0.6 is 0 Å². The summed E-state index contributed by atoms with van der Waals surface area (Å²) < 4.78 is 26.7. The highest BCUT2D eigenvalue weighted by Gasteiger charge is 2.19. The second kappa shape index (κ2) is 8.89. The van der Waals surface area contributed by atoms with E-state index < -0.39 is 17.7 Å². The van der Waals surface area contributed by atoms with Gasteiger partial charge in [-0.3, -0.25) is 14.5 Å². The molecular weight excluding hydrogens is 328 g/mol. The predicted molar refractivity (Wildman–Crippen MR) is 92.9 cm³/mol. The molecule has 2 N–H and O–H groups in total. The molecule has 2 amide bonds. The first-order chi connectivity index (χ1) is 11.5. The highest BCUT2D eigenvalue weighted by Crippen LogP contribution is 2.17. The van der Waals surface area contributed by atoms with E-state index >= 15 is 0 Å². The zero-order valence-corrected chi connectivity index (χ0v) is 15.5. The Morgan fingerprint density at radius 1 is 1.16 bits per heavy atom. The minimum absolute atomic E-state index is 0.0151. The number of likely N-dealkylation sites (N-methyl/N-ethyl adjacent to an activating group) is 1. The number of benzene rings is 1. The molecule has 0 saturated carbocycles. The minimum atomic E-state index is -0.704. The minimum Gasteiger partial charge on any atom is -0.350 e. The van der Waals surface area contributed by atoms with E-state index in [2.05, 4.69) is 10.6 Å². The van der Waals surface area contributed by atoms with Crippen LogP contribution < -0.4 is 10.6 Å². The Bertz CT molecular complexity index is 615. The fourth-order valence-electron chi connectivity index (χ4n) is 2.36. The number of hydrogen-bond acceptors (Lipinski definition) is 3. The van der Waals surface area contributed by atoms with Crippen LogP contribution in [0.1, 0.15) is 46.2 Å². The average Bonchev–Trinajstić information content (AvgIpc) is 2.43. The molecule has 1 aromatic carbocycles. The maximum atomic E-state index is 13.8. The number of nitrogens with zero attached hydrogens (tertiary/aromatic N) is 1. The summed E-state index contributed by atoms with van der Waals surface area (Å²) in [5.41, 5.74) is -0.129. The summed E-state index contributed by atoms with van der Waals surface area (Å²) in [6, 6.07) is 2.64. The van der Waals surface area contributed by atoms with Gasteiger partial charge in [0.15, 0.2) is 0 Å². The predicted octanol–water partition coefficient (Wildman–Crippen LogP) is 2.38. The SMILES string of the molecule is CCN(CC(=O)N[C@@H](C)c1ccc(F)cc1F)CC(=O)NC(C)(C)C. The lowest BCUT2D eigenvalue weighted by Crippen LogP contribution is -2.48. The van der Waals surface area contributed by atoms with Gasteiger partial charge in [-0.05, 0) is 40.3 Å². The van der Waals surface area contributed by atoms with Gasteiger partial charge < -0.3 is 10.6 Å². The molecule has 0 spiro atoms. The van der Waals surface area contributed by atoms with E-state index in [1.807, 2.05) is 27.7 Å². The first kappa shape index (κ1) is 21.0. The molecular formula is C18H27F2N3O2. The van der Waals surface area contributed by atoms with Crippen molar-refractivity contribution < 1.29 is 18.4 Å². The van der Waals surface area contributed by atoms with Gasteiger partial charge in [0.25, 0.3) is 0 Å². The van der Waals surface area contributed by atoms with Gasteiger partial charge >= 0.3 is 0 Å². The molecule has 7 heteroatoms. The van der Waals surface area contributed by atoms with Crippen molar-refractivity contribution >= 4 is 11.8 Å². The van der Waals surface area contributed by atoms with E-state index in [1.165, 1.54) is 6.07 Å². The van der Waals surface area contributed by atoms with Crippen molar-refractivity contribution in [2.45, 2.75) is 46.2 Å². The zero-order valence-electron chi connectivity index (χ0n) is 15.5. The van der Waals surface area contributed by atoms with Gasteiger partial charge in [-0.25, -0.2) is 8.78 Å². The van der Waals surface area contributed by atoms with Crippen LogP contribution in [0.5, 0.6) is 0 Å². The summed E-state index contributed by atoms with van der Waals surface area (Å²) in [4.78, 5) is 25.8. The molecule has 0 heterocycles. The Hall–Kier alpha value is -2.02. The van der Waals surface area contributed by atoms with E-state index in [4.69, 9.17) is 0 Å². The molecule has 1 atom stereocenters. The van der Waals surface area contributed by atoms with Crippen LogP contribution in [0.2, 0.25) is 0 Å². The van der Waals surface area contributed by atoms with Crippen LogP contribution in [0, 0.1) is 11.6 Å². The molecule has 0 saturated heterocycles. The van der Waals surface area contributed by atoms with Crippen LogP contribution in [0.25, 0.3) is 0 Å². The molecule has 0 aliphatic rings. The average molecular weight is 355 g/mol. The summed E-state index contributed by atoms with van der Waals surface area (Å²) in [5, 5.41) is 5.51. The summed E-state index contributed by atoms with van der Waals surface area (Å²) in [5.74, 6) is -1.87. The number of carbonyl (C=O) groups is 2. The van der Waals surface area contributed by atoms with Gasteiger partial charge in [-0.15, -0.1) is 0 Å². The van der Waals surface area contributed by atoms with E-state index in [0.717, 1.165) is 12.1 Å². The van der Waals surface area contributed by atoms with Gasteiger partial charge in [-0.1, -0.05) is 13.0 Å². The highest BCUT2D eigenvalue weighted by atomic mass is 19.1. The number of carbonyl (C=O) groups excluding carboxylic acids is 2. The van der Waals surface area contributed by atoms with Gasteiger partial charge in [-0.2, -0.15) is 0 Å². The van der Waals surface area contributed by atoms with Crippen LogP contribution in [0.15, 0.2) is 18.2 Å². The molecule has 0 bridgehead atoms. The van der Waals surface area contributed by atoms with Crippen molar-refractivity contribution in [2.75, 3.05) is 19.6 Å². The van der Waals surface area contributed by atoms with Crippen molar-refractivity contribution in [3.63, 3.8) is 0 Å². The quantitative estimate of drug-likeness (QED) is 0.789. The highest BCUT2D eigenvalue weighted by molar-refractivity contribution is 5.81. The molecule has 25 heavy (non-hydrogen) atoms. The fourth-order valence-corrected chi connectivity index (χ4v) is 2.36. The topological polar surface area (TPSA) is 61.4 Å². The lowest BCUT2D eigenvalue weighted by Gasteiger charge is -2.25. The van der Waals surface area contributed by atoms with Gasteiger partial charge in [0.2, 0.25) is 11.8 Å². The second-order valence-corrected chi connectivity index (χ2v) is 7.06. The Morgan fingerprint density at radius 2 is 1.76 bits per heavy atom. The molecule has 0 fully saturated rings. The molecule has 140 valence electrons. The van der Waals surface area contributed by atoms with Crippen molar-refractivity contribution in [1.82, 2.24) is 15.5 Å². The third-order valence-corrected chi connectivity index (χ3v) is 3.50. The maximum Gasteiger partial charge on any atom is 0.234 e. The zero-order chi connectivity index (χ0) is 19.2. The van der Waals surface area contributed by atoms with E-state index in [0.29, 0.717) is 6.54 Å². The van der Waals surface area contributed by atoms with E-state index in [-0.39, 0.29) is 36.0 Å². The first-order valence-electron chi connectivity index (χ1n) is 8.29. The van der Waals surface area contributed by atoms with Crippen LogP contribution in [-0.4, -0.2) is 41.9 Å². The van der Waals surface area contributed by atoms with Gasteiger partial charge in [0.05, 0.1) is 19.1 Å². The maximum absolute atomic E-state index is 13.8. The smallest absolute Gasteiger partial charge is 0.234 e. The fraction of sp³-hybridized carbons (Fsp3) is 0.556. The normalized spacial score (nSPS) is 12.8. The van der Waals surface area contributed by atoms with Crippen molar-refractivity contribution in [2.24, 2.45) is 0 Å². The third kappa shape index (κ3) is 7.60. The number of hydrogen-bond donors (Lipinski definition) is 2. The lowest BCUT2D eigenvalue weighted by molar-refractivity contribution is -0.126. The molecule has 0 aromatic heterocycles. The van der Waals surface area contributed by atoms with E-state index in [9.17, 15) is 18.4 Å². The molecule has 0 unspecified atom stereocenters.